The zero-order valence-electron chi connectivity index (χ0n) is 9.80. The Morgan fingerprint density at radius 3 is 2.78 bits per heavy atom. The number of carbonyl (C=O) groups excluding carboxylic acids is 1. The summed E-state index contributed by atoms with van der Waals surface area (Å²) in [5, 5.41) is 10.5. The highest BCUT2D eigenvalue weighted by atomic mass is 16.4. The van der Waals surface area contributed by atoms with Crippen molar-refractivity contribution < 1.29 is 9.21 Å². The van der Waals surface area contributed by atoms with Gasteiger partial charge in [-0.15, -0.1) is 10.2 Å². The van der Waals surface area contributed by atoms with Gasteiger partial charge in [0, 0.05) is 6.04 Å². The van der Waals surface area contributed by atoms with Crippen molar-refractivity contribution in [2.45, 2.75) is 25.3 Å². The van der Waals surface area contributed by atoms with Crippen molar-refractivity contribution in [3.63, 3.8) is 0 Å². The highest BCUT2D eigenvalue weighted by Crippen LogP contribution is 2.19. The van der Waals surface area contributed by atoms with Crippen molar-refractivity contribution in [1.29, 1.82) is 0 Å². The van der Waals surface area contributed by atoms with E-state index >= 15 is 0 Å². The predicted molar refractivity (Wildman–Crippen MR) is 64.0 cm³/mol. The molecule has 1 N–H and O–H groups in total. The van der Waals surface area contributed by atoms with Gasteiger partial charge in [0.15, 0.2) is 0 Å². The molecule has 0 bridgehead atoms. The first-order valence-corrected chi connectivity index (χ1v) is 5.98. The smallest absolute Gasteiger partial charge is 0.309 e. The molecule has 5 heteroatoms. The second kappa shape index (κ2) is 4.60. The van der Waals surface area contributed by atoms with Gasteiger partial charge in [0.25, 0.3) is 0 Å². The van der Waals surface area contributed by atoms with Crippen LogP contribution in [0.2, 0.25) is 0 Å². The SMILES string of the molecule is O=C(NC1CC1)c1nnc(Cc2ccccc2)o1. The molecule has 0 unspecified atom stereocenters. The van der Waals surface area contributed by atoms with Crippen molar-refractivity contribution in [1.82, 2.24) is 15.5 Å². The van der Waals surface area contributed by atoms with E-state index in [9.17, 15) is 4.79 Å². The molecule has 0 aliphatic heterocycles. The third-order valence-corrected chi connectivity index (χ3v) is 2.77. The van der Waals surface area contributed by atoms with Gasteiger partial charge in [0.2, 0.25) is 5.89 Å². The normalized spacial score (nSPS) is 14.4. The van der Waals surface area contributed by atoms with E-state index in [0.29, 0.717) is 18.4 Å². The Morgan fingerprint density at radius 2 is 2.06 bits per heavy atom. The van der Waals surface area contributed by atoms with Gasteiger partial charge >= 0.3 is 11.8 Å². The monoisotopic (exact) mass is 243 g/mol. The van der Waals surface area contributed by atoms with E-state index in [0.717, 1.165) is 18.4 Å². The molecule has 1 aromatic heterocycles. The van der Waals surface area contributed by atoms with E-state index in [1.807, 2.05) is 30.3 Å². The van der Waals surface area contributed by atoms with E-state index < -0.39 is 0 Å². The first kappa shape index (κ1) is 11.0. The Hall–Kier alpha value is -2.17. The van der Waals surface area contributed by atoms with Crippen LogP contribution in [0.3, 0.4) is 0 Å². The molecule has 2 aromatic rings. The molecular formula is C13H13N3O2. The number of benzene rings is 1. The Bertz CT molecular complexity index is 546. The summed E-state index contributed by atoms with van der Waals surface area (Å²) in [5.74, 6) is 0.235. The lowest BCUT2D eigenvalue weighted by Crippen LogP contribution is -2.25. The summed E-state index contributed by atoms with van der Waals surface area (Å²) in [4.78, 5) is 11.7. The Kier molecular flexibility index (Phi) is 2.80. The lowest BCUT2D eigenvalue weighted by atomic mass is 10.2. The maximum atomic E-state index is 11.7. The molecule has 1 heterocycles. The summed E-state index contributed by atoms with van der Waals surface area (Å²) in [5.41, 5.74) is 1.08. The highest BCUT2D eigenvalue weighted by molar-refractivity contribution is 5.89. The summed E-state index contributed by atoms with van der Waals surface area (Å²) < 4.78 is 5.34. The van der Waals surface area contributed by atoms with E-state index in [-0.39, 0.29) is 11.8 Å². The molecule has 1 saturated carbocycles. The fourth-order valence-electron chi connectivity index (χ4n) is 1.66. The van der Waals surface area contributed by atoms with Gasteiger partial charge in [-0.1, -0.05) is 30.3 Å². The summed E-state index contributed by atoms with van der Waals surface area (Å²) in [6.07, 6.45) is 2.62. The van der Waals surface area contributed by atoms with Crippen LogP contribution in [-0.4, -0.2) is 22.1 Å². The Labute approximate surface area is 104 Å². The second-order valence-corrected chi connectivity index (χ2v) is 4.41. The van der Waals surface area contributed by atoms with Gasteiger partial charge in [0.1, 0.15) is 0 Å². The molecule has 0 spiro atoms. The Balaban J connectivity index is 1.67. The first-order chi connectivity index (χ1) is 8.81. The lowest BCUT2D eigenvalue weighted by molar-refractivity contribution is 0.0914. The number of aromatic nitrogens is 2. The summed E-state index contributed by atoms with van der Waals surface area (Å²) in [6.45, 7) is 0. The van der Waals surface area contributed by atoms with Crippen LogP contribution in [0.5, 0.6) is 0 Å². The van der Waals surface area contributed by atoms with E-state index in [1.165, 1.54) is 0 Å². The minimum absolute atomic E-state index is 0.0489. The van der Waals surface area contributed by atoms with Crippen LogP contribution < -0.4 is 5.32 Å². The molecule has 18 heavy (non-hydrogen) atoms. The second-order valence-electron chi connectivity index (χ2n) is 4.41. The van der Waals surface area contributed by atoms with Crippen molar-refractivity contribution >= 4 is 5.91 Å². The summed E-state index contributed by atoms with van der Waals surface area (Å²) >= 11 is 0. The van der Waals surface area contributed by atoms with Crippen LogP contribution in [0.15, 0.2) is 34.7 Å². The number of nitrogens with zero attached hydrogens (tertiary/aromatic N) is 2. The van der Waals surface area contributed by atoms with Crippen molar-refractivity contribution in [2.75, 3.05) is 0 Å². The van der Waals surface area contributed by atoms with Crippen molar-refractivity contribution in [2.24, 2.45) is 0 Å². The quantitative estimate of drug-likeness (QED) is 0.884. The average Bonchev–Trinajstić information content (AvgIpc) is 3.07. The van der Waals surface area contributed by atoms with Crippen LogP contribution >= 0.6 is 0 Å². The van der Waals surface area contributed by atoms with E-state index in [4.69, 9.17) is 4.42 Å². The van der Waals surface area contributed by atoms with Gasteiger partial charge in [-0.3, -0.25) is 4.79 Å². The predicted octanol–water partition coefficient (Wildman–Crippen LogP) is 1.55. The number of carbonyl (C=O) groups is 1. The molecule has 0 radical (unpaired) electrons. The largest absolute Gasteiger partial charge is 0.417 e. The van der Waals surface area contributed by atoms with Crippen molar-refractivity contribution in [3.05, 3.63) is 47.7 Å². The molecule has 0 atom stereocenters. The highest BCUT2D eigenvalue weighted by Gasteiger charge is 2.26. The standard InChI is InChI=1S/C13H13N3O2/c17-12(14-10-6-7-10)13-16-15-11(18-13)8-9-4-2-1-3-5-9/h1-5,10H,6-8H2,(H,14,17). The first-order valence-electron chi connectivity index (χ1n) is 5.98. The van der Waals surface area contributed by atoms with Gasteiger partial charge in [0.05, 0.1) is 6.42 Å². The third kappa shape index (κ3) is 2.56. The maximum absolute atomic E-state index is 11.7. The van der Waals surface area contributed by atoms with Crippen molar-refractivity contribution in [3.8, 4) is 0 Å². The third-order valence-electron chi connectivity index (χ3n) is 2.77. The van der Waals surface area contributed by atoms with Gasteiger partial charge in [-0.2, -0.15) is 0 Å². The Morgan fingerprint density at radius 1 is 1.28 bits per heavy atom. The number of amides is 1. The molecule has 1 amide bonds. The topological polar surface area (TPSA) is 68.0 Å². The zero-order valence-corrected chi connectivity index (χ0v) is 9.80. The van der Waals surface area contributed by atoms with Crippen LogP contribution in [0.4, 0.5) is 0 Å². The number of hydrogen-bond acceptors (Lipinski definition) is 4. The van der Waals surface area contributed by atoms with Gasteiger partial charge in [-0.05, 0) is 18.4 Å². The van der Waals surface area contributed by atoms with Crippen LogP contribution in [-0.2, 0) is 6.42 Å². The minimum atomic E-state index is -0.274. The molecule has 1 fully saturated rings. The van der Waals surface area contributed by atoms with Gasteiger partial charge < -0.3 is 9.73 Å². The number of nitrogens with one attached hydrogen (secondary N) is 1. The van der Waals surface area contributed by atoms with Crippen LogP contribution in [0, 0.1) is 0 Å². The fourth-order valence-corrected chi connectivity index (χ4v) is 1.66. The summed E-state index contributed by atoms with van der Waals surface area (Å²) in [6, 6.07) is 10.1. The summed E-state index contributed by atoms with van der Waals surface area (Å²) in [7, 11) is 0. The fraction of sp³-hybridized carbons (Fsp3) is 0.308. The van der Waals surface area contributed by atoms with E-state index in [1.54, 1.807) is 0 Å². The molecule has 3 rings (SSSR count). The molecule has 92 valence electrons. The molecule has 5 nitrogen and oxygen atoms in total. The molecule has 0 saturated heterocycles. The van der Waals surface area contributed by atoms with Crippen LogP contribution in [0.25, 0.3) is 0 Å². The number of rotatable bonds is 4. The zero-order chi connectivity index (χ0) is 12.4. The van der Waals surface area contributed by atoms with E-state index in [2.05, 4.69) is 15.5 Å². The minimum Gasteiger partial charge on any atom is -0.417 e. The van der Waals surface area contributed by atoms with Crippen LogP contribution in [0.1, 0.15) is 35.0 Å². The number of hydrogen-bond donors (Lipinski definition) is 1. The molecular weight excluding hydrogens is 230 g/mol. The molecule has 1 aromatic carbocycles. The maximum Gasteiger partial charge on any atom is 0.309 e. The van der Waals surface area contributed by atoms with Gasteiger partial charge in [-0.25, -0.2) is 0 Å². The lowest BCUT2D eigenvalue weighted by Gasteiger charge is -1.97. The molecule has 1 aliphatic rings. The molecule has 1 aliphatic carbocycles. The average molecular weight is 243 g/mol.